The Labute approximate surface area is 209 Å². The number of guanidine groups is 1. The van der Waals surface area contributed by atoms with Crippen LogP contribution in [0.15, 0.2) is 39.9 Å². The predicted molar refractivity (Wildman–Crippen MR) is 140 cm³/mol. The number of nitrogens with one attached hydrogen (secondary N) is 2. The molecule has 0 saturated carbocycles. The standard InChI is InChI=1S/C24H37N5O2.HI/c1-6-25-23(28-17-22-26-16-21(31-22)24(3,4)5)27-15-20(29-11-13-30-14-12-29)19-9-7-18(2)8-10-19;/h7-10,16,20H,6,11-15,17H2,1-5H3,(H2,25,27,28);1H. The van der Waals surface area contributed by atoms with Crippen molar-refractivity contribution in [1.82, 2.24) is 20.5 Å². The molecule has 1 aromatic heterocycles. The number of ether oxygens (including phenoxy) is 1. The van der Waals surface area contributed by atoms with Gasteiger partial charge >= 0.3 is 0 Å². The van der Waals surface area contributed by atoms with Crippen LogP contribution in [-0.4, -0.2) is 55.2 Å². The lowest BCUT2D eigenvalue weighted by Crippen LogP contribution is -2.46. The van der Waals surface area contributed by atoms with Gasteiger partial charge in [-0.3, -0.25) is 4.90 Å². The third-order valence-electron chi connectivity index (χ3n) is 5.42. The van der Waals surface area contributed by atoms with Gasteiger partial charge in [0, 0.05) is 31.6 Å². The van der Waals surface area contributed by atoms with Crippen LogP contribution in [0.25, 0.3) is 0 Å². The first kappa shape index (κ1) is 26.6. The monoisotopic (exact) mass is 555 g/mol. The molecular weight excluding hydrogens is 517 g/mol. The van der Waals surface area contributed by atoms with Crippen LogP contribution >= 0.6 is 24.0 Å². The van der Waals surface area contributed by atoms with Gasteiger partial charge in [-0.15, -0.1) is 24.0 Å². The molecule has 0 aliphatic carbocycles. The van der Waals surface area contributed by atoms with Gasteiger partial charge in [0.2, 0.25) is 5.89 Å². The molecule has 1 aliphatic rings. The molecule has 3 rings (SSSR count). The number of aromatic nitrogens is 1. The molecule has 1 aromatic carbocycles. The van der Waals surface area contributed by atoms with E-state index in [0.717, 1.165) is 51.1 Å². The van der Waals surface area contributed by atoms with Crippen LogP contribution < -0.4 is 10.6 Å². The maximum atomic E-state index is 5.88. The number of aryl methyl sites for hydroxylation is 1. The first-order valence-electron chi connectivity index (χ1n) is 11.2. The Balaban J connectivity index is 0.00000363. The van der Waals surface area contributed by atoms with Crippen molar-refractivity contribution in [3.63, 3.8) is 0 Å². The third-order valence-corrected chi connectivity index (χ3v) is 5.42. The maximum Gasteiger partial charge on any atom is 0.216 e. The average Bonchev–Trinajstić information content (AvgIpc) is 3.24. The van der Waals surface area contributed by atoms with Crippen molar-refractivity contribution in [2.75, 3.05) is 39.4 Å². The van der Waals surface area contributed by atoms with E-state index >= 15 is 0 Å². The molecule has 8 heteroatoms. The predicted octanol–water partition coefficient (Wildman–Crippen LogP) is 4.03. The van der Waals surface area contributed by atoms with Gasteiger partial charge < -0.3 is 19.8 Å². The number of nitrogens with zero attached hydrogens (tertiary/aromatic N) is 3. The van der Waals surface area contributed by atoms with Crippen LogP contribution in [0.3, 0.4) is 0 Å². The smallest absolute Gasteiger partial charge is 0.216 e. The Kier molecular flexibility index (Phi) is 10.4. The number of aliphatic imine (C=N–C) groups is 1. The van der Waals surface area contributed by atoms with Crippen LogP contribution in [0.4, 0.5) is 0 Å². The van der Waals surface area contributed by atoms with E-state index in [1.807, 2.05) is 0 Å². The van der Waals surface area contributed by atoms with Crippen molar-refractivity contribution >= 4 is 29.9 Å². The van der Waals surface area contributed by atoms with E-state index in [4.69, 9.17) is 14.1 Å². The molecule has 1 saturated heterocycles. The second-order valence-corrected chi connectivity index (χ2v) is 9.02. The molecule has 1 atom stereocenters. The molecule has 2 N–H and O–H groups in total. The lowest BCUT2D eigenvalue weighted by Gasteiger charge is -2.35. The summed E-state index contributed by atoms with van der Waals surface area (Å²) in [6, 6.07) is 9.06. The summed E-state index contributed by atoms with van der Waals surface area (Å²) in [5.41, 5.74) is 2.52. The molecule has 2 aromatic rings. The molecular formula is C24H38IN5O2. The minimum Gasteiger partial charge on any atom is -0.443 e. The summed E-state index contributed by atoms with van der Waals surface area (Å²) in [6.07, 6.45) is 1.80. The summed E-state index contributed by atoms with van der Waals surface area (Å²) in [4.78, 5) is 11.6. The van der Waals surface area contributed by atoms with Gasteiger partial charge in [0.05, 0.1) is 25.5 Å². The zero-order valence-corrected chi connectivity index (χ0v) is 22.3. The van der Waals surface area contributed by atoms with Gasteiger partial charge in [0.1, 0.15) is 12.3 Å². The van der Waals surface area contributed by atoms with E-state index in [9.17, 15) is 0 Å². The summed E-state index contributed by atoms with van der Waals surface area (Å²) < 4.78 is 11.4. The summed E-state index contributed by atoms with van der Waals surface area (Å²) in [6.45, 7) is 15.9. The fraction of sp³-hybridized carbons (Fsp3) is 0.583. The van der Waals surface area contributed by atoms with Crippen LogP contribution in [0, 0.1) is 6.92 Å². The van der Waals surface area contributed by atoms with Crippen molar-refractivity contribution in [2.24, 2.45) is 4.99 Å². The van der Waals surface area contributed by atoms with Crippen molar-refractivity contribution in [3.8, 4) is 0 Å². The quantitative estimate of drug-likeness (QED) is 0.306. The molecule has 1 unspecified atom stereocenters. The highest BCUT2D eigenvalue weighted by Crippen LogP contribution is 2.23. The first-order chi connectivity index (χ1) is 14.9. The van der Waals surface area contributed by atoms with Crippen molar-refractivity contribution in [3.05, 3.63) is 53.2 Å². The molecule has 2 heterocycles. The largest absolute Gasteiger partial charge is 0.443 e. The van der Waals surface area contributed by atoms with Crippen molar-refractivity contribution < 1.29 is 9.15 Å². The molecule has 32 heavy (non-hydrogen) atoms. The van der Waals surface area contributed by atoms with E-state index in [1.165, 1.54) is 11.1 Å². The van der Waals surface area contributed by atoms with E-state index in [1.54, 1.807) is 6.20 Å². The van der Waals surface area contributed by atoms with E-state index in [0.29, 0.717) is 12.4 Å². The summed E-state index contributed by atoms with van der Waals surface area (Å²) in [5, 5.41) is 6.86. The van der Waals surface area contributed by atoms with Gasteiger partial charge in [-0.05, 0) is 19.4 Å². The SMILES string of the molecule is CCNC(=NCc1ncc(C(C)(C)C)o1)NCC(c1ccc(C)cc1)N1CCOCC1.I. The van der Waals surface area contributed by atoms with Gasteiger partial charge in [0.25, 0.3) is 0 Å². The van der Waals surface area contributed by atoms with Gasteiger partial charge in [-0.2, -0.15) is 0 Å². The van der Waals surface area contributed by atoms with Gasteiger partial charge in [-0.25, -0.2) is 9.98 Å². The second-order valence-electron chi connectivity index (χ2n) is 9.02. The molecule has 1 fully saturated rings. The first-order valence-corrected chi connectivity index (χ1v) is 11.2. The van der Waals surface area contributed by atoms with E-state index in [2.05, 4.69) is 79.4 Å². The van der Waals surface area contributed by atoms with E-state index in [-0.39, 0.29) is 35.4 Å². The summed E-state index contributed by atoms with van der Waals surface area (Å²) >= 11 is 0. The van der Waals surface area contributed by atoms with Crippen molar-refractivity contribution in [1.29, 1.82) is 0 Å². The summed E-state index contributed by atoms with van der Waals surface area (Å²) in [7, 11) is 0. The Morgan fingerprint density at radius 1 is 1.16 bits per heavy atom. The molecule has 0 amide bonds. The Morgan fingerprint density at radius 3 is 2.44 bits per heavy atom. The maximum absolute atomic E-state index is 5.88. The highest BCUT2D eigenvalue weighted by atomic mass is 127. The molecule has 7 nitrogen and oxygen atoms in total. The normalized spacial score (nSPS) is 16.3. The number of halogens is 1. The van der Waals surface area contributed by atoms with Gasteiger partial charge in [-0.1, -0.05) is 50.6 Å². The second kappa shape index (κ2) is 12.6. The third kappa shape index (κ3) is 7.74. The molecule has 0 radical (unpaired) electrons. The lowest BCUT2D eigenvalue weighted by molar-refractivity contribution is 0.0170. The lowest BCUT2D eigenvalue weighted by atomic mass is 9.94. The number of hydrogen-bond acceptors (Lipinski definition) is 5. The number of oxazole rings is 1. The Hall–Kier alpha value is -1.65. The molecule has 0 spiro atoms. The van der Waals surface area contributed by atoms with Gasteiger partial charge in [0.15, 0.2) is 5.96 Å². The fourth-order valence-electron chi connectivity index (χ4n) is 3.55. The van der Waals surface area contributed by atoms with Crippen LogP contribution in [0.5, 0.6) is 0 Å². The Morgan fingerprint density at radius 2 is 1.84 bits per heavy atom. The highest BCUT2D eigenvalue weighted by molar-refractivity contribution is 14.0. The Bertz CT molecular complexity index is 839. The van der Waals surface area contributed by atoms with Crippen molar-refractivity contribution in [2.45, 2.75) is 52.6 Å². The van der Waals surface area contributed by atoms with Crippen LogP contribution in [-0.2, 0) is 16.7 Å². The number of benzene rings is 1. The average molecular weight is 556 g/mol. The fourth-order valence-corrected chi connectivity index (χ4v) is 3.55. The molecule has 178 valence electrons. The number of rotatable bonds is 7. The zero-order chi connectivity index (χ0) is 22.3. The minimum absolute atomic E-state index is 0. The highest BCUT2D eigenvalue weighted by Gasteiger charge is 2.23. The van der Waals surface area contributed by atoms with Crippen LogP contribution in [0.1, 0.15) is 56.5 Å². The minimum atomic E-state index is -0.0584. The summed E-state index contributed by atoms with van der Waals surface area (Å²) in [5.74, 6) is 2.27. The topological polar surface area (TPSA) is 74.9 Å². The molecule has 0 bridgehead atoms. The number of morpholine rings is 1. The van der Waals surface area contributed by atoms with E-state index < -0.39 is 0 Å². The molecule has 1 aliphatic heterocycles. The van der Waals surface area contributed by atoms with Crippen LogP contribution in [0.2, 0.25) is 0 Å². The number of hydrogen-bond donors (Lipinski definition) is 2. The zero-order valence-electron chi connectivity index (χ0n) is 20.0.